The quantitative estimate of drug-likeness (QED) is 0.700. The van der Waals surface area contributed by atoms with Gasteiger partial charge in [0.1, 0.15) is 9.92 Å². The summed E-state index contributed by atoms with van der Waals surface area (Å²) >= 11 is 0. The lowest BCUT2D eigenvalue weighted by Gasteiger charge is -2.15. The molecule has 0 aromatic rings. The fraction of sp³-hybridized carbons (Fsp3) is 1.00. The molecule has 0 saturated carbocycles. The van der Waals surface area contributed by atoms with Crippen molar-refractivity contribution in [2.75, 3.05) is 18.9 Å². The first kappa shape index (κ1) is 8.96. The van der Waals surface area contributed by atoms with Crippen molar-refractivity contribution in [2.45, 2.75) is 19.8 Å². The second-order valence-corrected chi connectivity index (χ2v) is 4.68. The Kier molecular flexibility index (Phi) is 2.86. The number of nitrogens with zero attached hydrogens (tertiary/aromatic N) is 1. The summed E-state index contributed by atoms with van der Waals surface area (Å²) in [5, 5.41) is 0. The lowest BCUT2D eigenvalue weighted by Crippen LogP contribution is -2.27. The van der Waals surface area contributed by atoms with E-state index in [0.717, 1.165) is 12.8 Å². The molecule has 1 N–H and O–H groups in total. The highest BCUT2D eigenvalue weighted by atomic mass is 32.2. The second-order valence-electron chi connectivity index (χ2n) is 2.59. The third-order valence-electron chi connectivity index (χ3n) is 1.53. The molecule has 0 amide bonds. The second kappa shape index (κ2) is 3.51. The topological polar surface area (TPSA) is 53.4 Å². The smallest absolute Gasteiger partial charge is 0.130 e. The average molecular weight is 178 g/mol. The van der Waals surface area contributed by atoms with Crippen LogP contribution in [-0.4, -0.2) is 27.6 Å². The summed E-state index contributed by atoms with van der Waals surface area (Å²) in [5.41, 5.74) is 0. The van der Waals surface area contributed by atoms with Gasteiger partial charge in [-0.25, -0.2) is 8.99 Å². The standard InChI is InChI=1S/C6H14N2O2S/c1-2-6-11(7,9)8-4-3-5-10-8/h7H,2-6H2,1H3. The van der Waals surface area contributed by atoms with E-state index in [1.165, 1.54) is 4.47 Å². The molecule has 1 rings (SSSR count). The molecular formula is C6H14N2O2S. The Bertz CT molecular complexity index is 207. The molecule has 1 saturated heterocycles. The molecule has 0 bridgehead atoms. The van der Waals surface area contributed by atoms with Crippen LogP contribution < -0.4 is 0 Å². The molecule has 0 radical (unpaired) electrons. The van der Waals surface area contributed by atoms with Crippen LogP contribution in [0.4, 0.5) is 0 Å². The van der Waals surface area contributed by atoms with Crippen LogP contribution in [0.15, 0.2) is 0 Å². The van der Waals surface area contributed by atoms with E-state index in [4.69, 9.17) is 9.62 Å². The lowest BCUT2D eigenvalue weighted by atomic mass is 10.5. The fourth-order valence-electron chi connectivity index (χ4n) is 1.04. The summed E-state index contributed by atoms with van der Waals surface area (Å²) in [4.78, 5) is 5.04. The van der Waals surface area contributed by atoms with E-state index in [1.54, 1.807) is 0 Å². The first-order valence-corrected chi connectivity index (χ1v) is 5.52. The zero-order valence-electron chi connectivity index (χ0n) is 6.71. The van der Waals surface area contributed by atoms with Crippen molar-refractivity contribution in [2.24, 2.45) is 0 Å². The number of hydrogen-bond donors (Lipinski definition) is 1. The van der Waals surface area contributed by atoms with Crippen LogP contribution in [0.5, 0.6) is 0 Å². The van der Waals surface area contributed by atoms with Gasteiger partial charge in [0.05, 0.1) is 6.61 Å². The molecule has 1 aliphatic heterocycles. The molecule has 0 aromatic carbocycles. The van der Waals surface area contributed by atoms with Gasteiger partial charge in [-0.1, -0.05) is 11.4 Å². The summed E-state index contributed by atoms with van der Waals surface area (Å²) in [6.07, 6.45) is 1.65. The highest BCUT2D eigenvalue weighted by Gasteiger charge is 2.22. The van der Waals surface area contributed by atoms with Crippen LogP contribution in [0.2, 0.25) is 0 Å². The first-order valence-electron chi connectivity index (χ1n) is 3.84. The molecule has 1 unspecified atom stereocenters. The maximum atomic E-state index is 11.5. The number of hydrogen-bond acceptors (Lipinski definition) is 3. The van der Waals surface area contributed by atoms with Crippen LogP contribution in [0.3, 0.4) is 0 Å². The molecule has 4 nitrogen and oxygen atoms in total. The van der Waals surface area contributed by atoms with Crippen LogP contribution in [0, 0.1) is 4.78 Å². The molecule has 1 aliphatic rings. The minimum absolute atomic E-state index is 0.410. The number of nitrogens with one attached hydrogen (secondary N) is 1. The molecular weight excluding hydrogens is 164 g/mol. The van der Waals surface area contributed by atoms with Gasteiger partial charge in [-0.15, -0.1) is 0 Å². The summed E-state index contributed by atoms with van der Waals surface area (Å²) in [5.74, 6) is 0.410. The molecule has 11 heavy (non-hydrogen) atoms. The van der Waals surface area contributed by atoms with Crippen molar-refractivity contribution in [3.63, 3.8) is 0 Å². The van der Waals surface area contributed by atoms with Gasteiger partial charge in [0.2, 0.25) is 0 Å². The third kappa shape index (κ3) is 2.15. The van der Waals surface area contributed by atoms with Gasteiger partial charge in [0, 0.05) is 12.3 Å². The zero-order valence-corrected chi connectivity index (χ0v) is 7.52. The Balaban J connectivity index is 2.56. The van der Waals surface area contributed by atoms with Crippen LogP contribution in [-0.2, 0) is 14.8 Å². The van der Waals surface area contributed by atoms with Crippen molar-refractivity contribution in [1.29, 1.82) is 4.78 Å². The predicted octanol–water partition coefficient (Wildman–Crippen LogP) is 0.995. The Morgan fingerprint density at radius 2 is 2.45 bits per heavy atom. The van der Waals surface area contributed by atoms with E-state index in [2.05, 4.69) is 0 Å². The highest BCUT2D eigenvalue weighted by molar-refractivity contribution is 7.89. The van der Waals surface area contributed by atoms with E-state index >= 15 is 0 Å². The summed E-state index contributed by atoms with van der Waals surface area (Å²) in [7, 11) is -2.60. The molecule has 0 aliphatic carbocycles. The van der Waals surface area contributed by atoms with Crippen molar-refractivity contribution < 1.29 is 9.05 Å². The van der Waals surface area contributed by atoms with Crippen molar-refractivity contribution in [3.8, 4) is 0 Å². The van der Waals surface area contributed by atoms with Crippen LogP contribution in [0.25, 0.3) is 0 Å². The van der Waals surface area contributed by atoms with Gasteiger partial charge in [-0.2, -0.15) is 0 Å². The summed E-state index contributed by atoms with van der Waals surface area (Å²) in [6, 6.07) is 0. The predicted molar refractivity (Wildman–Crippen MR) is 43.3 cm³/mol. The molecule has 1 heterocycles. The van der Waals surface area contributed by atoms with Gasteiger partial charge in [-0.3, -0.25) is 4.84 Å². The van der Waals surface area contributed by atoms with E-state index in [1.807, 2.05) is 6.92 Å². The third-order valence-corrected chi connectivity index (χ3v) is 3.44. The van der Waals surface area contributed by atoms with Gasteiger partial charge in [-0.05, 0) is 12.8 Å². The highest BCUT2D eigenvalue weighted by Crippen LogP contribution is 2.12. The Morgan fingerprint density at radius 1 is 1.73 bits per heavy atom. The normalized spacial score (nSPS) is 25.2. The maximum absolute atomic E-state index is 11.5. The Morgan fingerprint density at radius 3 is 2.91 bits per heavy atom. The Labute approximate surface area is 67.6 Å². The van der Waals surface area contributed by atoms with E-state index in [-0.39, 0.29) is 0 Å². The number of hydroxylamine groups is 1. The Hall–Kier alpha value is -0.130. The van der Waals surface area contributed by atoms with Gasteiger partial charge in [0.15, 0.2) is 0 Å². The van der Waals surface area contributed by atoms with Crippen molar-refractivity contribution in [1.82, 2.24) is 4.47 Å². The molecule has 0 spiro atoms. The SMILES string of the molecule is CCCS(=N)(=O)N1CCCO1. The zero-order chi connectivity index (χ0) is 8.32. The van der Waals surface area contributed by atoms with E-state index in [9.17, 15) is 4.21 Å². The van der Waals surface area contributed by atoms with Crippen molar-refractivity contribution >= 4 is 9.92 Å². The van der Waals surface area contributed by atoms with Crippen LogP contribution in [0.1, 0.15) is 19.8 Å². The largest absolute Gasteiger partial charge is 0.286 e. The summed E-state index contributed by atoms with van der Waals surface area (Å²) in [6.45, 7) is 3.17. The maximum Gasteiger partial charge on any atom is 0.130 e. The fourth-order valence-corrected chi connectivity index (χ4v) is 2.46. The number of rotatable bonds is 3. The first-order chi connectivity index (χ1) is 5.17. The van der Waals surface area contributed by atoms with Gasteiger partial charge >= 0.3 is 0 Å². The summed E-state index contributed by atoms with van der Waals surface area (Å²) < 4.78 is 20.2. The van der Waals surface area contributed by atoms with E-state index in [0.29, 0.717) is 18.9 Å². The molecule has 1 fully saturated rings. The lowest BCUT2D eigenvalue weighted by molar-refractivity contribution is -0.0254. The minimum atomic E-state index is -2.60. The molecule has 1 atom stereocenters. The molecule has 66 valence electrons. The van der Waals surface area contributed by atoms with Crippen LogP contribution >= 0.6 is 0 Å². The van der Waals surface area contributed by atoms with Crippen molar-refractivity contribution in [3.05, 3.63) is 0 Å². The monoisotopic (exact) mass is 178 g/mol. The van der Waals surface area contributed by atoms with Gasteiger partial charge < -0.3 is 0 Å². The molecule has 0 aromatic heterocycles. The molecule has 5 heteroatoms. The minimum Gasteiger partial charge on any atom is -0.286 e. The van der Waals surface area contributed by atoms with E-state index < -0.39 is 9.92 Å². The average Bonchev–Trinajstić information content (AvgIpc) is 2.37. The van der Waals surface area contributed by atoms with Gasteiger partial charge in [0.25, 0.3) is 0 Å².